The monoisotopic (exact) mass is 281 g/mol. The van der Waals surface area contributed by atoms with Crippen molar-refractivity contribution in [3.05, 3.63) is 10.6 Å². The summed E-state index contributed by atoms with van der Waals surface area (Å²) in [5, 5.41) is 4.57. The first-order chi connectivity index (χ1) is 8.84. The molecule has 0 saturated carbocycles. The van der Waals surface area contributed by atoms with E-state index in [-0.39, 0.29) is 5.41 Å². The zero-order valence-corrected chi connectivity index (χ0v) is 13.9. The quantitative estimate of drug-likeness (QED) is 0.917. The van der Waals surface area contributed by atoms with Gasteiger partial charge in [-0.25, -0.2) is 4.98 Å². The lowest BCUT2D eigenvalue weighted by molar-refractivity contribution is 0.329. The Labute approximate surface area is 121 Å². The second kappa shape index (κ2) is 5.41. The average Bonchev–Trinajstić information content (AvgIpc) is 2.79. The molecule has 4 heteroatoms. The van der Waals surface area contributed by atoms with Crippen molar-refractivity contribution in [2.24, 2.45) is 5.41 Å². The van der Waals surface area contributed by atoms with Crippen molar-refractivity contribution in [1.82, 2.24) is 10.3 Å². The summed E-state index contributed by atoms with van der Waals surface area (Å²) in [7, 11) is 4.22. The highest BCUT2D eigenvalue weighted by molar-refractivity contribution is 7.15. The van der Waals surface area contributed by atoms with Crippen molar-refractivity contribution in [2.75, 3.05) is 19.0 Å². The van der Waals surface area contributed by atoms with Crippen LogP contribution in [0.4, 0.5) is 5.13 Å². The zero-order valence-electron chi connectivity index (χ0n) is 13.1. The summed E-state index contributed by atoms with van der Waals surface area (Å²) >= 11 is 1.88. The molecule has 1 aromatic heterocycles. The minimum atomic E-state index is 0.267. The molecule has 3 nitrogen and oxygen atoms in total. The number of thiazole rings is 1. The third-order valence-electron chi connectivity index (χ3n) is 4.43. The first-order valence-electron chi connectivity index (χ1n) is 7.24. The second-order valence-corrected chi connectivity index (χ2v) is 7.75. The van der Waals surface area contributed by atoms with Gasteiger partial charge in [-0.1, -0.05) is 20.8 Å². The molecule has 1 N–H and O–H groups in total. The van der Waals surface area contributed by atoms with Gasteiger partial charge in [0, 0.05) is 18.0 Å². The molecule has 0 aliphatic heterocycles. The second-order valence-electron chi connectivity index (χ2n) is 6.69. The molecule has 108 valence electrons. The molecule has 0 fully saturated rings. The topological polar surface area (TPSA) is 28.2 Å². The van der Waals surface area contributed by atoms with E-state index >= 15 is 0 Å². The molecule has 0 saturated heterocycles. The van der Waals surface area contributed by atoms with Gasteiger partial charge in [-0.05, 0) is 38.6 Å². The van der Waals surface area contributed by atoms with E-state index in [1.54, 1.807) is 0 Å². The van der Waals surface area contributed by atoms with Gasteiger partial charge in [0.1, 0.15) is 0 Å². The lowest BCUT2D eigenvalue weighted by Gasteiger charge is -2.35. The van der Waals surface area contributed by atoms with Crippen LogP contribution in [0.2, 0.25) is 0 Å². The molecule has 0 bridgehead atoms. The summed E-state index contributed by atoms with van der Waals surface area (Å²) < 4.78 is 0. The standard InChI is InChI=1S/C15H27N3S/c1-10(15(2,3)4)18(6)14-17-13-11(16-5)8-7-9-12(13)19-14/h10-11,16H,7-9H2,1-6H3. The van der Waals surface area contributed by atoms with Gasteiger partial charge in [0.05, 0.1) is 11.7 Å². The molecule has 2 unspecified atom stereocenters. The molecule has 1 aliphatic carbocycles. The number of hydrogen-bond acceptors (Lipinski definition) is 4. The Morgan fingerprint density at radius 2 is 2.11 bits per heavy atom. The van der Waals surface area contributed by atoms with Crippen LogP contribution in [-0.2, 0) is 6.42 Å². The van der Waals surface area contributed by atoms with E-state index < -0.39 is 0 Å². The molecule has 1 aromatic rings. The maximum atomic E-state index is 4.92. The van der Waals surface area contributed by atoms with Crippen molar-refractivity contribution in [3.63, 3.8) is 0 Å². The minimum Gasteiger partial charge on any atom is -0.348 e. The molecule has 2 atom stereocenters. The fourth-order valence-corrected chi connectivity index (χ4v) is 3.79. The van der Waals surface area contributed by atoms with Crippen LogP contribution in [0, 0.1) is 5.41 Å². The largest absolute Gasteiger partial charge is 0.348 e. The number of rotatable bonds is 3. The zero-order chi connectivity index (χ0) is 14.2. The fourth-order valence-electron chi connectivity index (χ4n) is 2.58. The van der Waals surface area contributed by atoms with Crippen molar-refractivity contribution in [2.45, 2.75) is 59.0 Å². The lowest BCUT2D eigenvalue weighted by atomic mass is 9.87. The Morgan fingerprint density at radius 1 is 1.42 bits per heavy atom. The molecule has 0 radical (unpaired) electrons. The summed E-state index contributed by atoms with van der Waals surface area (Å²) in [4.78, 5) is 8.74. The van der Waals surface area contributed by atoms with Gasteiger partial charge in [-0.2, -0.15) is 0 Å². The number of nitrogens with zero attached hydrogens (tertiary/aromatic N) is 2. The van der Waals surface area contributed by atoms with Crippen LogP contribution in [0.15, 0.2) is 0 Å². The van der Waals surface area contributed by atoms with Gasteiger partial charge in [0.25, 0.3) is 0 Å². The summed E-state index contributed by atoms with van der Waals surface area (Å²) in [6.45, 7) is 9.16. The van der Waals surface area contributed by atoms with Crippen molar-refractivity contribution >= 4 is 16.5 Å². The number of hydrogen-bond donors (Lipinski definition) is 1. The van der Waals surface area contributed by atoms with Gasteiger partial charge in [0.15, 0.2) is 5.13 Å². The molecule has 0 aromatic carbocycles. The first-order valence-corrected chi connectivity index (χ1v) is 8.06. The van der Waals surface area contributed by atoms with Crippen LogP contribution in [0.25, 0.3) is 0 Å². The Hall–Kier alpha value is -0.610. The molecular formula is C15H27N3S. The van der Waals surface area contributed by atoms with Gasteiger partial charge >= 0.3 is 0 Å². The maximum Gasteiger partial charge on any atom is 0.185 e. The summed E-state index contributed by atoms with van der Waals surface area (Å²) in [5.74, 6) is 0. The summed E-state index contributed by atoms with van der Waals surface area (Å²) in [6.07, 6.45) is 3.69. The highest BCUT2D eigenvalue weighted by Crippen LogP contribution is 2.38. The number of anilines is 1. The third-order valence-corrected chi connectivity index (χ3v) is 5.65. The summed E-state index contributed by atoms with van der Waals surface area (Å²) in [6, 6.07) is 0.931. The van der Waals surface area contributed by atoms with Gasteiger partial charge < -0.3 is 10.2 Å². The van der Waals surface area contributed by atoms with Gasteiger partial charge in [-0.15, -0.1) is 11.3 Å². The first kappa shape index (κ1) is 14.8. The van der Waals surface area contributed by atoms with Gasteiger partial charge in [-0.3, -0.25) is 0 Å². The third kappa shape index (κ3) is 2.95. The van der Waals surface area contributed by atoms with Crippen LogP contribution >= 0.6 is 11.3 Å². The van der Waals surface area contributed by atoms with E-state index in [2.05, 4.69) is 45.0 Å². The molecule has 0 spiro atoms. The molecule has 19 heavy (non-hydrogen) atoms. The Morgan fingerprint density at radius 3 is 2.68 bits per heavy atom. The van der Waals surface area contributed by atoms with E-state index in [0.717, 1.165) is 0 Å². The van der Waals surface area contributed by atoms with Crippen molar-refractivity contribution in [3.8, 4) is 0 Å². The van der Waals surface area contributed by atoms with E-state index in [0.29, 0.717) is 12.1 Å². The van der Waals surface area contributed by atoms with Crippen LogP contribution in [0.5, 0.6) is 0 Å². The SMILES string of the molecule is CNC1CCCc2sc(N(C)C(C)C(C)(C)C)nc21. The average molecular weight is 281 g/mol. The molecule has 0 amide bonds. The maximum absolute atomic E-state index is 4.92. The predicted molar refractivity (Wildman–Crippen MR) is 84.2 cm³/mol. The highest BCUT2D eigenvalue weighted by Gasteiger charge is 2.29. The van der Waals surface area contributed by atoms with Gasteiger partial charge in [0.2, 0.25) is 0 Å². The Kier molecular flexibility index (Phi) is 4.21. The molecule has 1 heterocycles. The number of aryl methyl sites for hydroxylation is 1. The molecule has 2 rings (SSSR count). The lowest BCUT2D eigenvalue weighted by Crippen LogP contribution is -2.39. The van der Waals surface area contributed by atoms with Crippen LogP contribution in [0.3, 0.4) is 0 Å². The fraction of sp³-hybridized carbons (Fsp3) is 0.800. The minimum absolute atomic E-state index is 0.267. The van der Waals surface area contributed by atoms with E-state index in [1.807, 2.05) is 18.4 Å². The van der Waals surface area contributed by atoms with Crippen molar-refractivity contribution in [1.29, 1.82) is 0 Å². The van der Waals surface area contributed by atoms with Crippen LogP contribution in [0.1, 0.15) is 57.1 Å². The molecule has 1 aliphatic rings. The van der Waals surface area contributed by atoms with E-state index in [4.69, 9.17) is 4.98 Å². The predicted octanol–water partition coefficient (Wildman–Crippen LogP) is 3.61. The van der Waals surface area contributed by atoms with E-state index in [9.17, 15) is 0 Å². The Balaban J connectivity index is 2.25. The Bertz CT molecular complexity index is 433. The van der Waals surface area contributed by atoms with Crippen LogP contribution in [-0.4, -0.2) is 25.1 Å². The number of nitrogens with one attached hydrogen (secondary N) is 1. The smallest absolute Gasteiger partial charge is 0.185 e. The van der Waals surface area contributed by atoms with Crippen LogP contribution < -0.4 is 10.2 Å². The van der Waals surface area contributed by atoms with E-state index in [1.165, 1.54) is 35.0 Å². The number of fused-ring (bicyclic) bond motifs is 1. The molecular weight excluding hydrogens is 254 g/mol. The number of aromatic nitrogens is 1. The highest BCUT2D eigenvalue weighted by atomic mass is 32.1. The normalized spacial score (nSPS) is 21.1. The van der Waals surface area contributed by atoms with Crippen molar-refractivity contribution < 1.29 is 0 Å². The summed E-state index contributed by atoms with van der Waals surface area (Å²) in [5.41, 5.74) is 1.56.